The number of nitrogens with two attached hydrogens (primary N) is 1. The van der Waals surface area contributed by atoms with Crippen molar-refractivity contribution in [3.05, 3.63) is 0 Å². The van der Waals surface area contributed by atoms with Crippen LogP contribution in [0.5, 0.6) is 0 Å². The van der Waals surface area contributed by atoms with E-state index in [1.54, 1.807) is 0 Å². The van der Waals surface area contributed by atoms with E-state index in [1.165, 1.54) is 0 Å². The summed E-state index contributed by atoms with van der Waals surface area (Å²) in [5, 5.41) is -0.141. The molecule has 0 amide bonds. The van der Waals surface area contributed by atoms with Crippen molar-refractivity contribution in [3.8, 4) is 0 Å². The normalized spacial score (nSPS) is 13.9. The van der Waals surface area contributed by atoms with Crippen molar-refractivity contribution in [2.24, 2.45) is 5.73 Å². The van der Waals surface area contributed by atoms with Crippen molar-refractivity contribution in [1.29, 1.82) is 0 Å². The quantitative estimate of drug-likeness (QED) is 0.555. The summed E-state index contributed by atoms with van der Waals surface area (Å²) >= 11 is 0. The Morgan fingerprint density at radius 3 is 1.56 bits per heavy atom. The molecule has 0 saturated carbocycles. The van der Waals surface area contributed by atoms with Gasteiger partial charge < -0.3 is 5.73 Å². The molecule has 1 nitrogen and oxygen atoms in total. The molecule has 0 heterocycles. The summed E-state index contributed by atoms with van der Waals surface area (Å²) in [5.41, 5.74) is 5.60. The highest BCUT2D eigenvalue weighted by atomic mass is 14.7. The van der Waals surface area contributed by atoms with E-state index < -0.39 is 0 Å². The first kappa shape index (κ1) is 9.02. The Kier molecular flexibility index (Phi) is 2.34. The van der Waals surface area contributed by atoms with Gasteiger partial charge in [-0.25, -0.2) is 0 Å². The van der Waals surface area contributed by atoms with Crippen LogP contribution in [0.25, 0.3) is 0 Å². The Morgan fingerprint density at radius 2 is 1.56 bits per heavy atom. The monoisotopic (exact) mass is 125 g/mol. The summed E-state index contributed by atoms with van der Waals surface area (Å²) in [6, 6.07) is 0. The van der Waals surface area contributed by atoms with Crippen LogP contribution in [0.4, 0.5) is 0 Å². The molecule has 0 aliphatic carbocycles. The first-order valence-corrected chi connectivity index (χ1v) is 3.28. The average Bonchev–Trinajstić information content (AvgIpc) is 1.14. The molecule has 0 saturated heterocycles. The van der Waals surface area contributed by atoms with E-state index >= 15 is 0 Å². The fraction of sp³-hybridized carbons (Fsp3) is 1.00. The van der Waals surface area contributed by atoms with E-state index in [2.05, 4.69) is 0 Å². The van der Waals surface area contributed by atoms with Gasteiger partial charge in [0.25, 0.3) is 0 Å². The molecule has 0 aliphatic rings. The summed E-state index contributed by atoms with van der Waals surface area (Å²) in [6.07, 6.45) is 0.847. The predicted molar refractivity (Wildman–Crippen MR) is 42.7 cm³/mol. The number of rotatable bonds is 2. The van der Waals surface area contributed by atoms with E-state index in [0.29, 0.717) is 0 Å². The first-order valence-electron chi connectivity index (χ1n) is 3.28. The average molecular weight is 125 g/mol. The fourth-order valence-corrected chi connectivity index (χ4v) is 1.17. The van der Waals surface area contributed by atoms with Crippen LogP contribution in [-0.4, -0.2) is 13.4 Å². The third-order valence-electron chi connectivity index (χ3n) is 0.911. The molecule has 52 valence electrons. The summed E-state index contributed by atoms with van der Waals surface area (Å²) < 4.78 is 0. The molecule has 0 atom stereocenters. The lowest BCUT2D eigenvalue weighted by molar-refractivity contribution is 0.413. The molecule has 0 fully saturated rings. The molecular weight excluding hydrogens is 109 g/mol. The molecule has 0 spiro atoms. The van der Waals surface area contributed by atoms with Gasteiger partial charge in [-0.05, 0) is 20.3 Å². The minimum Gasteiger partial charge on any atom is -0.326 e. The van der Waals surface area contributed by atoms with Gasteiger partial charge in [0, 0.05) is 5.54 Å². The maximum absolute atomic E-state index is 5.74. The molecular formula is C7H16BN. The lowest BCUT2D eigenvalue weighted by Crippen LogP contribution is -2.35. The van der Waals surface area contributed by atoms with Crippen molar-refractivity contribution in [1.82, 2.24) is 0 Å². The van der Waals surface area contributed by atoms with Gasteiger partial charge in [-0.3, -0.25) is 0 Å². The lowest BCUT2D eigenvalue weighted by Gasteiger charge is -2.28. The SMILES string of the molecule is [B]C(C)(C)CC(C)(C)N. The van der Waals surface area contributed by atoms with Crippen molar-refractivity contribution in [2.75, 3.05) is 0 Å². The molecule has 0 aromatic rings. The molecule has 9 heavy (non-hydrogen) atoms. The molecule has 0 aromatic heterocycles. The minimum absolute atomic E-state index is 0.141. The number of hydrogen-bond acceptors (Lipinski definition) is 1. The predicted octanol–water partition coefficient (Wildman–Crippen LogP) is 1.48. The van der Waals surface area contributed by atoms with Gasteiger partial charge in [0.1, 0.15) is 0 Å². The molecule has 2 heteroatoms. The van der Waals surface area contributed by atoms with Gasteiger partial charge in [-0.2, -0.15) is 0 Å². The summed E-state index contributed by atoms with van der Waals surface area (Å²) in [7, 11) is 5.74. The Balaban J connectivity index is 3.75. The summed E-state index contributed by atoms with van der Waals surface area (Å²) in [6.45, 7) is 7.95. The second-order valence-corrected chi connectivity index (χ2v) is 4.15. The van der Waals surface area contributed by atoms with E-state index in [-0.39, 0.29) is 10.9 Å². The lowest BCUT2D eigenvalue weighted by atomic mass is 9.66. The standard InChI is InChI=1S/C7H16BN/c1-6(2,8)5-7(3,4)9/h5,9H2,1-4H3. The molecule has 0 unspecified atom stereocenters. The van der Waals surface area contributed by atoms with Crippen LogP contribution in [0.3, 0.4) is 0 Å². The van der Waals surface area contributed by atoms with Gasteiger partial charge >= 0.3 is 0 Å². The molecule has 2 radical (unpaired) electrons. The maximum atomic E-state index is 5.74. The summed E-state index contributed by atoms with van der Waals surface area (Å²) in [5.74, 6) is 0. The number of hydrogen-bond donors (Lipinski definition) is 1. The zero-order chi connectivity index (χ0) is 7.71. The van der Waals surface area contributed by atoms with Crippen LogP contribution in [0.1, 0.15) is 34.1 Å². The molecule has 0 rings (SSSR count). The van der Waals surface area contributed by atoms with E-state index in [4.69, 9.17) is 13.6 Å². The molecule has 0 aliphatic heterocycles. The van der Waals surface area contributed by atoms with Crippen molar-refractivity contribution in [3.63, 3.8) is 0 Å². The second-order valence-electron chi connectivity index (χ2n) is 4.15. The molecule has 2 N–H and O–H groups in total. The van der Waals surface area contributed by atoms with Crippen molar-refractivity contribution in [2.45, 2.75) is 45.0 Å². The zero-order valence-corrected chi connectivity index (χ0v) is 6.86. The smallest absolute Gasteiger partial charge is 0.0739 e. The van der Waals surface area contributed by atoms with Gasteiger partial charge in [0.2, 0.25) is 0 Å². The van der Waals surface area contributed by atoms with Crippen LogP contribution >= 0.6 is 0 Å². The second kappa shape index (κ2) is 2.33. The van der Waals surface area contributed by atoms with Gasteiger partial charge in [-0.1, -0.05) is 19.2 Å². The van der Waals surface area contributed by atoms with E-state index in [0.717, 1.165) is 6.42 Å². The highest BCUT2D eigenvalue weighted by Crippen LogP contribution is 2.28. The third-order valence-corrected chi connectivity index (χ3v) is 0.911. The molecule has 0 aromatic carbocycles. The Hall–Kier alpha value is 0.0249. The van der Waals surface area contributed by atoms with Gasteiger partial charge in [0.05, 0.1) is 7.85 Å². The van der Waals surface area contributed by atoms with Crippen molar-refractivity contribution < 1.29 is 0 Å². The fourth-order valence-electron chi connectivity index (χ4n) is 1.17. The maximum Gasteiger partial charge on any atom is 0.0739 e. The zero-order valence-electron chi connectivity index (χ0n) is 6.86. The van der Waals surface area contributed by atoms with Crippen LogP contribution in [-0.2, 0) is 0 Å². The van der Waals surface area contributed by atoms with Crippen LogP contribution in [0, 0.1) is 0 Å². The molecule has 0 bridgehead atoms. The van der Waals surface area contributed by atoms with Crippen molar-refractivity contribution >= 4 is 7.85 Å². The first-order chi connectivity index (χ1) is 3.71. The summed E-state index contributed by atoms with van der Waals surface area (Å²) in [4.78, 5) is 0. The van der Waals surface area contributed by atoms with Crippen LogP contribution in [0.2, 0.25) is 5.31 Å². The van der Waals surface area contributed by atoms with E-state index in [9.17, 15) is 0 Å². The largest absolute Gasteiger partial charge is 0.326 e. The van der Waals surface area contributed by atoms with Crippen LogP contribution < -0.4 is 5.73 Å². The Bertz CT molecular complexity index is 74.1. The van der Waals surface area contributed by atoms with Gasteiger partial charge in [-0.15, -0.1) is 0 Å². The third kappa shape index (κ3) is 8.02. The van der Waals surface area contributed by atoms with Crippen LogP contribution in [0.15, 0.2) is 0 Å². The minimum atomic E-state index is -0.141. The highest BCUT2D eigenvalue weighted by molar-refractivity contribution is 6.14. The topological polar surface area (TPSA) is 26.0 Å². The highest BCUT2D eigenvalue weighted by Gasteiger charge is 2.20. The van der Waals surface area contributed by atoms with E-state index in [1.807, 2.05) is 27.7 Å². The Labute approximate surface area is 59.4 Å². The van der Waals surface area contributed by atoms with Gasteiger partial charge in [0.15, 0.2) is 0 Å². The Morgan fingerprint density at radius 1 is 1.22 bits per heavy atom.